The van der Waals surface area contributed by atoms with Gasteiger partial charge >= 0.3 is 0 Å². The van der Waals surface area contributed by atoms with Gasteiger partial charge in [0.25, 0.3) is 11.7 Å². The molecule has 1 aromatic carbocycles. The van der Waals surface area contributed by atoms with Crippen LogP contribution in [0.4, 0.5) is 0 Å². The number of nitrogens with zero attached hydrogens (tertiary/aromatic N) is 3. The van der Waals surface area contributed by atoms with Crippen molar-refractivity contribution >= 4 is 29.1 Å². The van der Waals surface area contributed by atoms with Crippen LogP contribution in [0.1, 0.15) is 28.6 Å². The van der Waals surface area contributed by atoms with Gasteiger partial charge in [-0.1, -0.05) is 23.7 Å². The van der Waals surface area contributed by atoms with E-state index in [9.17, 15) is 14.7 Å². The molecule has 8 heteroatoms. The molecule has 1 aliphatic rings. The van der Waals surface area contributed by atoms with E-state index in [0.717, 1.165) is 0 Å². The highest BCUT2D eigenvalue weighted by atomic mass is 35.5. The summed E-state index contributed by atoms with van der Waals surface area (Å²) in [7, 11) is 3.78. The van der Waals surface area contributed by atoms with Gasteiger partial charge in [-0.2, -0.15) is 5.10 Å². The second-order valence-electron chi connectivity index (χ2n) is 7.16. The lowest BCUT2D eigenvalue weighted by molar-refractivity contribution is -0.140. The quantitative estimate of drug-likeness (QED) is 0.456. The van der Waals surface area contributed by atoms with Gasteiger partial charge in [0.05, 0.1) is 22.9 Å². The van der Waals surface area contributed by atoms with E-state index in [1.807, 2.05) is 19.0 Å². The fourth-order valence-corrected chi connectivity index (χ4v) is 3.67. The minimum absolute atomic E-state index is 0.0543. The molecule has 1 aromatic heterocycles. The molecule has 2 aromatic rings. The third-order valence-corrected chi connectivity index (χ3v) is 5.09. The Bertz CT molecular complexity index is 945. The number of aliphatic hydroxyl groups is 1. The summed E-state index contributed by atoms with van der Waals surface area (Å²) >= 11 is 6.16. The number of hydrogen-bond donors (Lipinski definition) is 2. The van der Waals surface area contributed by atoms with Crippen LogP contribution in [0.2, 0.25) is 5.02 Å². The van der Waals surface area contributed by atoms with Crippen LogP contribution in [-0.2, 0) is 9.59 Å². The first-order valence-corrected chi connectivity index (χ1v) is 9.30. The maximum atomic E-state index is 12.9. The summed E-state index contributed by atoms with van der Waals surface area (Å²) in [5, 5.41) is 18.4. The van der Waals surface area contributed by atoms with Gasteiger partial charge < -0.3 is 14.9 Å². The van der Waals surface area contributed by atoms with Crippen LogP contribution in [0.25, 0.3) is 5.76 Å². The van der Waals surface area contributed by atoms with Gasteiger partial charge in [-0.25, -0.2) is 0 Å². The Hall–Kier alpha value is -2.64. The molecule has 1 amide bonds. The Morgan fingerprint density at radius 2 is 2.04 bits per heavy atom. The number of aliphatic hydroxyl groups excluding tert-OH is 1. The number of carbonyl (C=O) groups excluding carboxylic acids is 2. The van der Waals surface area contributed by atoms with Crippen molar-refractivity contribution in [3.8, 4) is 0 Å². The van der Waals surface area contributed by atoms with Crippen LogP contribution in [0.15, 0.2) is 29.8 Å². The van der Waals surface area contributed by atoms with Gasteiger partial charge in [0.15, 0.2) is 0 Å². The number of likely N-dealkylation sites (N-methyl/N-ethyl adjacent to an activating group) is 1. The number of halogens is 1. The molecule has 1 atom stereocenters. The fraction of sp³-hybridized carbons (Fsp3) is 0.350. The average molecular weight is 403 g/mol. The number of H-pyrrole nitrogens is 1. The number of amides is 1. The normalized spacial score (nSPS) is 19.1. The van der Waals surface area contributed by atoms with E-state index < -0.39 is 17.7 Å². The van der Waals surface area contributed by atoms with E-state index in [4.69, 9.17) is 11.6 Å². The van der Waals surface area contributed by atoms with Gasteiger partial charge in [0.2, 0.25) is 0 Å². The molecule has 0 aliphatic carbocycles. The van der Waals surface area contributed by atoms with E-state index in [1.165, 1.54) is 4.90 Å². The number of aromatic nitrogens is 2. The SMILES string of the molecule is Cc1n[nH]c(C)c1C(O)=C1C(=O)C(=O)N(CCN(C)C)[C@@H]1c1cccc(Cl)c1. The van der Waals surface area contributed by atoms with E-state index in [0.29, 0.717) is 40.6 Å². The summed E-state index contributed by atoms with van der Waals surface area (Å²) in [6, 6.07) is 6.28. The van der Waals surface area contributed by atoms with E-state index in [-0.39, 0.29) is 11.3 Å². The Kier molecular flexibility index (Phi) is 5.58. The maximum Gasteiger partial charge on any atom is 0.295 e. The molecule has 1 fully saturated rings. The first-order chi connectivity index (χ1) is 13.2. The van der Waals surface area contributed by atoms with Gasteiger partial charge in [0.1, 0.15) is 5.76 Å². The third-order valence-electron chi connectivity index (χ3n) is 4.86. The Morgan fingerprint density at radius 1 is 1.32 bits per heavy atom. The highest BCUT2D eigenvalue weighted by Crippen LogP contribution is 2.40. The molecule has 3 rings (SSSR count). The van der Waals surface area contributed by atoms with E-state index in [2.05, 4.69) is 10.2 Å². The molecule has 148 valence electrons. The second kappa shape index (κ2) is 7.77. The van der Waals surface area contributed by atoms with Gasteiger partial charge in [0, 0.05) is 23.8 Å². The van der Waals surface area contributed by atoms with Crippen LogP contribution >= 0.6 is 11.6 Å². The van der Waals surface area contributed by atoms with Crippen molar-refractivity contribution in [2.24, 2.45) is 0 Å². The molecule has 2 N–H and O–H groups in total. The third kappa shape index (κ3) is 3.55. The minimum atomic E-state index is -0.715. The van der Waals surface area contributed by atoms with Crippen molar-refractivity contribution in [2.75, 3.05) is 27.2 Å². The van der Waals surface area contributed by atoms with Crippen LogP contribution < -0.4 is 0 Å². The molecule has 0 radical (unpaired) electrons. The van der Waals surface area contributed by atoms with Crippen molar-refractivity contribution < 1.29 is 14.7 Å². The highest BCUT2D eigenvalue weighted by Gasteiger charge is 2.46. The second-order valence-corrected chi connectivity index (χ2v) is 7.60. The molecule has 0 saturated carbocycles. The van der Waals surface area contributed by atoms with Crippen molar-refractivity contribution in [2.45, 2.75) is 19.9 Å². The van der Waals surface area contributed by atoms with Gasteiger partial charge in [-0.15, -0.1) is 0 Å². The lowest BCUT2D eigenvalue weighted by atomic mass is 9.95. The van der Waals surface area contributed by atoms with E-state index in [1.54, 1.807) is 38.1 Å². The number of likely N-dealkylation sites (tertiary alicyclic amines) is 1. The molecule has 1 saturated heterocycles. The number of carbonyl (C=O) groups is 2. The lowest BCUT2D eigenvalue weighted by Gasteiger charge is -2.26. The number of aromatic amines is 1. The molecule has 0 spiro atoms. The van der Waals surface area contributed by atoms with Crippen LogP contribution in [0.5, 0.6) is 0 Å². The first kappa shape index (κ1) is 20.1. The van der Waals surface area contributed by atoms with Crippen molar-refractivity contribution in [3.05, 3.63) is 57.4 Å². The summed E-state index contributed by atoms with van der Waals surface area (Å²) < 4.78 is 0. The predicted molar refractivity (Wildman–Crippen MR) is 107 cm³/mol. The van der Waals surface area contributed by atoms with E-state index >= 15 is 0 Å². The number of benzene rings is 1. The average Bonchev–Trinajstić information content (AvgIpc) is 3.09. The van der Waals surface area contributed by atoms with Gasteiger partial charge in [-0.3, -0.25) is 14.7 Å². The summed E-state index contributed by atoms with van der Waals surface area (Å²) in [6.07, 6.45) is 0. The maximum absolute atomic E-state index is 12.9. The predicted octanol–water partition coefficient (Wildman–Crippen LogP) is 2.66. The smallest absolute Gasteiger partial charge is 0.295 e. The fourth-order valence-electron chi connectivity index (χ4n) is 3.48. The topological polar surface area (TPSA) is 89.5 Å². The molecule has 7 nitrogen and oxygen atoms in total. The monoisotopic (exact) mass is 402 g/mol. The highest BCUT2D eigenvalue weighted by molar-refractivity contribution is 6.46. The molecule has 0 unspecified atom stereocenters. The summed E-state index contributed by atoms with van der Waals surface area (Å²) in [4.78, 5) is 29.1. The molecule has 0 bridgehead atoms. The largest absolute Gasteiger partial charge is 0.507 e. The van der Waals surface area contributed by atoms with Crippen LogP contribution in [-0.4, -0.2) is 64.0 Å². The summed E-state index contributed by atoms with van der Waals surface area (Å²) in [5.41, 5.74) is 2.35. The number of rotatable bonds is 5. The Balaban J connectivity index is 2.20. The minimum Gasteiger partial charge on any atom is -0.507 e. The first-order valence-electron chi connectivity index (χ1n) is 8.93. The molecule has 1 aliphatic heterocycles. The number of hydrogen-bond acceptors (Lipinski definition) is 5. The zero-order chi connectivity index (χ0) is 20.6. The number of aryl methyl sites for hydroxylation is 2. The zero-order valence-corrected chi connectivity index (χ0v) is 17.0. The molecule has 2 heterocycles. The van der Waals surface area contributed by atoms with Crippen LogP contribution in [0, 0.1) is 13.8 Å². The van der Waals surface area contributed by atoms with Gasteiger partial charge in [-0.05, 0) is 45.6 Å². The summed E-state index contributed by atoms with van der Waals surface area (Å²) in [6.45, 7) is 4.41. The number of ketones is 1. The van der Waals surface area contributed by atoms with Crippen LogP contribution in [0.3, 0.4) is 0 Å². The Morgan fingerprint density at radius 3 is 2.61 bits per heavy atom. The van der Waals surface area contributed by atoms with Crippen molar-refractivity contribution in [1.82, 2.24) is 20.0 Å². The summed E-state index contributed by atoms with van der Waals surface area (Å²) in [5.74, 6) is -1.56. The number of Topliss-reactive ketones (excluding diaryl/α,β-unsaturated/α-hetero) is 1. The van der Waals surface area contributed by atoms with Crippen molar-refractivity contribution in [3.63, 3.8) is 0 Å². The molecular weight excluding hydrogens is 380 g/mol. The molecular formula is C20H23ClN4O3. The number of nitrogens with one attached hydrogen (secondary N) is 1. The Labute approximate surface area is 168 Å². The lowest BCUT2D eigenvalue weighted by Crippen LogP contribution is -2.35. The zero-order valence-electron chi connectivity index (χ0n) is 16.3. The molecule has 28 heavy (non-hydrogen) atoms. The standard InChI is InChI=1S/C20H23ClN4O3/c1-11-15(12(2)23-22-11)18(26)16-17(13-6-5-7-14(21)10-13)25(9-8-24(3)4)20(28)19(16)27/h5-7,10,17,26H,8-9H2,1-4H3,(H,22,23)/t17-/m1/s1. The van der Waals surface area contributed by atoms with Crippen molar-refractivity contribution in [1.29, 1.82) is 0 Å².